The van der Waals surface area contributed by atoms with Gasteiger partial charge in [0.1, 0.15) is 11.3 Å². The van der Waals surface area contributed by atoms with E-state index in [-0.39, 0.29) is 11.7 Å². The van der Waals surface area contributed by atoms with Gasteiger partial charge in [-0.15, -0.1) is 0 Å². The number of benzene rings is 2. The van der Waals surface area contributed by atoms with E-state index in [1.54, 1.807) is 6.20 Å². The highest BCUT2D eigenvalue weighted by Crippen LogP contribution is 2.48. The van der Waals surface area contributed by atoms with Crippen molar-refractivity contribution in [3.05, 3.63) is 53.2 Å². The largest absolute Gasteiger partial charge is 0.456 e. The van der Waals surface area contributed by atoms with Gasteiger partial charge in [0.25, 0.3) is 0 Å². The molecule has 0 aliphatic rings. The Morgan fingerprint density at radius 2 is 1.64 bits per heavy atom. The van der Waals surface area contributed by atoms with Crippen molar-refractivity contribution in [1.29, 1.82) is 0 Å². The average molecular weight is 402 g/mol. The summed E-state index contributed by atoms with van der Waals surface area (Å²) in [6.45, 7) is 3.83. The van der Waals surface area contributed by atoms with Crippen LogP contribution < -0.4 is 10.5 Å². The first-order valence-corrected chi connectivity index (χ1v) is 8.25. The van der Waals surface area contributed by atoms with Gasteiger partial charge in [0.15, 0.2) is 5.75 Å². The van der Waals surface area contributed by atoms with Gasteiger partial charge in [-0.05, 0) is 41.8 Å². The quantitative estimate of drug-likeness (QED) is 0.378. The van der Waals surface area contributed by atoms with Gasteiger partial charge < -0.3 is 15.5 Å². The molecule has 3 aromatic rings. The van der Waals surface area contributed by atoms with E-state index in [2.05, 4.69) is 4.98 Å². The maximum Gasteiger partial charge on any atom is 0.421 e. The van der Waals surface area contributed by atoms with E-state index in [4.69, 9.17) is 10.5 Å². The summed E-state index contributed by atoms with van der Waals surface area (Å²) >= 11 is 0. The van der Waals surface area contributed by atoms with Crippen LogP contribution in [0.25, 0.3) is 10.9 Å². The van der Waals surface area contributed by atoms with Crippen LogP contribution in [0.4, 0.5) is 32.0 Å². The monoisotopic (exact) mass is 402 g/mol. The number of nitrogens with two attached hydrogens (primary N) is 1. The van der Waals surface area contributed by atoms with Gasteiger partial charge in [0, 0.05) is 22.8 Å². The number of nitrogen functional groups attached to an aromatic ring is 1. The lowest BCUT2D eigenvalue weighted by Gasteiger charge is -2.20. The van der Waals surface area contributed by atoms with Gasteiger partial charge in [-0.25, -0.2) is 0 Å². The molecule has 3 rings (SSSR count). The fraction of sp³-hybridized carbons (Fsp3) is 0.263. The summed E-state index contributed by atoms with van der Waals surface area (Å²) in [4.78, 5) is 3.01. The molecule has 0 saturated carbocycles. The number of rotatable bonds is 3. The molecule has 0 radical (unpaired) electrons. The van der Waals surface area contributed by atoms with Gasteiger partial charge in [0.2, 0.25) is 0 Å². The number of hydrogen-bond acceptors (Lipinski definition) is 2. The zero-order valence-corrected chi connectivity index (χ0v) is 14.8. The predicted molar refractivity (Wildman–Crippen MR) is 93.3 cm³/mol. The molecular formula is C19H16F6N2O. The van der Waals surface area contributed by atoms with Crippen molar-refractivity contribution < 1.29 is 31.1 Å². The summed E-state index contributed by atoms with van der Waals surface area (Å²) < 4.78 is 85.4. The molecule has 0 amide bonds. The van der Waals surface area contributed by atoms with Crippen molar-refractivity contribution in [2.45, 2.75) is 32.1 Å². The molecule has 9 heteroatoms. The molecule has 3 nitrogen and oxygen atoms in total. The smallest absolute Gasteiger partial charge is 0.421 e. The molecule has 150 valence electrons. The SMILES string of the molecule is CC(C)c1c[nH]c2ccc(Oc3c(C(F)(F)F)ccc(N)c3C(F)(F)F)cc12. The summed E-state index contributed by atoms with van der Waals surface area (Å²) in [7, 11) is 0. The molecule has 0 fully saturated rings. The van der Waals surface area contributed by atoms with Gasteiger partial charge in [0.05, 0.1) is 5.56 Å². The molecule has 3 N–H and O–H groups in total. The number of ether oxygens (including phenoxy) is 1. The summed E-state index contributed by atoms with van der Waals surface area (Å²) in [5, 5.41) is 0.651. The van der Waals surface area contributed by atoms with E-state index in [1.807, 2.05) is 13.8 Å². The zero-order valence-electron chi connectivity index (χ0n) is 14.8. The highest BCUT2D eigenvalue weighted by Gasteiger charge is 2.43. The van der Waals surface area contributed by atoms with Crippen LogP contribution in [0.2, 0.25) is 0 Å². The van der Waals surface area contributed by atoms with Crippen LogP contribution in [0.15, 0.2) is 36.5 Å². The summed E-state index contributed by atoms with van der Waals surface area (Å²) in [6, 6.07) is 5.29. The minimum absolute atomic E-state index is 0.0906. The van der Waals surface area contributed by atoms with E-state index in [1.165, 1.54) is 18.2 Å². The zero-order chi connectivity index (χ0) is 20.9. The van der Waals surface area contributed by atoms with E-state index in [0.29, 0.717) is 23.0 Å². The van der Waals surface area contributed by atoms with Crippen LogP contribution in [-0.2, 0) is 12.4 Å². The Bertz CT molecular complexity index is 1020. The predicted octanol–water partition coefficient (Wildman–Crippen LogP) is 6.70. The normalized spacial score (nSPS) is 12.8. The first-order valence-electron chi connectivity index (χ1n) is 8.25. The lowest BCUT2D eigenvalue weighted by Crippen LogP contribution is -2.16. The molecule has 0 atom stereocenters. The molecular weight excluding hydrogens is 386 g/mol. The Labute approximate surface area is 156 Å². The molecule has 1 heterocycles. The number of anilines is 1. The maximum atomic E-state index is 13.4. The van der Waals surface area contributed by atoms with Crippen LogP contribution >= 0.6 is 0 Å². The second-order valence-electron chi connectivity index (χ2n) is 6.61. The van der Waals surface area contributed by atoms with Gasteiger partial charge >= 0.3 is 12.4 Å². The van der Waals surface area contributed by atoms with Gasteiger partial charge in [-0.3, -0.25) is 0 Å². The fourth-order valence-corrected chi connectivity index (χ4v) is 3.00. The van der Waals surface area contributed by atoms with Gasteiger partial charge in [-0.1, -0.05) is 13.8 Å². The van der Waals surface area contributed by atoms with E-state index in [9.17, 15) is 26.3 Å². The Balaban J connectivity index is 2.20. The van der Waals surface area contributed by atoms with Crippen molar-refractivity contribution in [2.24, 2.45) is 0 Å². The number of alkyl halides is 6. The third-order valence-corrected chi connectivity index (χ3v) is 4.31. The van der Waals surface area contributed by atoms with Crippen LogP contribution in [0, 0.1) is 0 Å². The minimum Gasteiger partial charge on any atom is -0.456 e. The van der Waals surface area contributed by atoms with E-state index in [0.717, 1.165) is 5.56 Å². The van der Waals surface area contributed by atoms with Crippen molar-refractivity contribution in [3.63, 3.8) is 0 Å². The number of hydrogen-bond donors (Lipinski definition) is 2. The first kappa shape index (κ1) is 19.9. The Kier molecular flexibility index (Phi) is 4.73. The van der Waals surface area contributed by atoms with Crippen molar-refractivity contribution in [1.82, 2.24) is 4.98 Å². The van der Waals surface area contributed by atoms with Crippen LogP contribution in [0.5, 0.6) is 11.5 Å². The van der Waals surface area contributed by atoms with E-state index < -0.39 is 34.9 Å². The maximum absolute atomic E-state index is 13.4. The van der Waals surface area contributed by atoms with Crippen LogP contribution in [-0.4, -0.2) is 4.98 Å². The molecule has 28 heavy (non-hydrogen) atoms. The second-order valence-corrected chi connectivity index (χ2v) is 6.61. The lowest BCUT2D eigenvalue weighted by molar-refractivity contribution is -0.144. The average Bonchev–Trinajstić information content (AvgIpc) is 2.95. The minimum atomic E-state index is -5.12. The summed E-state index contributed by atoms with van der Waals surface area (Å²) in [6.07, 6.45) is -8.44. The van der Waals surface area contributed by atoms with Crippen molar-refractivity contribution in [2.75, 3.05) is 5.73 Å². The molecule has 0 unspecified atom stereocenters. The first-order chi connectivity index (χ1) is 12.9. The Morgan fingerprint density at radius 3 is 2.21 bits per heavy atom. The highest BCUT2D eigenvalue weighted by molar-refractivity contribution is 5.85. The molecule has 0 bridgehead atoms. The Morgan fingerprint density at radius 1 is 0.964 bits per heavy atom. The number of fused-ring (bicyclic) bond motifs is 1. The number of aromatic nitrogens is 1. The third kappa shape index (κ3) is 3.61. The fourth-order valence-electron chi connectivity index (χ4n) is 3.00. The van der Waals surface area contributed by atoms with Crippen molar-refractivity contribution >= 4 is 16.6 Å². The molecule has 0 aliphatic carbocycles. The van der Waals surface area contributed by atoms with Crippen molar-refractivity contribution in [3.8, 4) is 11.5 Å². The molecule has 0 aliphatic heterocycles. The van der Waals surface area contributed by atoms with E-state index >= 15 is 0 Å². The summed E-state index contributed by atoms with van der Waals surface area (Å²) in [5.74, 6) is -1.43. The summed E-state index contributed by atoms with van der Waals surface area (Å²) in [5.41, 5.74) is 2.84. The highest BCUT2D eigenvalue weighted by atomic mass is 19.4. The lowest BCUT2D eigenvalue weighted by atomic mass is 10.0. The number of halogens is 6. The van der Waals surface area contributed by atoms with Crippen LogP contribution in [0.1, 0.15) is 36.5 Å². The number of H-pyrrole nitrogens is 1. The number of nitrogens with one attached hydrogen (secondary N) is 1. The van der Waals surface area contributed by atoms with Crippen LogP contribution in [0.3, 0.4) is 0 Å². The standard InChI is InChI=1S/C19H16F6N2O/c1-9(2)12-8-27-15-6-3-10(7-11(12)15)28-17-13(18(20,21)22)4-5-14(26)16(17)19(23,24)25/h3-9,27H,26H2,1-2H3. The molecule has 0 spiro atoms. The Hall–Kier alpha value is -2.84. The third-order valence-electron chi connectivity index (χ3n) is 4.31. The van der Waals surface area contributed by atoms with Gasteiger partial charge in [-0.2, -0.15) is 26.3 Å². The molecule has 0 saturated heterocycles. The second kappa shape index (κ2) is 6.65. The topological polar surface area (TPSA) is 51.0 Å². The molecule has 1 aromatic heterocycles. The molecule has 2 aromatic carbocycles. The number of aromatic amines is 1.